The van der Waals surface area contributed by atoms with Crippen LogP contribution in [0.25, 0.3) is 0 Å². The maximum Gasteiger partial charge on any atom is 0.302 e. The lowest BCUT2D eigenvalue weighted by atomic mass is 10.4. The van der Waals surface area contributed by atoms with Gasteiger partial charge in [0.1, 0.15) is 6.29 Å². The molecule has 0 radical (unpaired) electrons. The molecule has 0 saturated heterocycles. The van der Waals surface area contributed by atoms with E-state index in [2.05, 4.69) is 4.98 Å². The van der Waals surface area contributed by atoms with Crippen molar-refractivity contribution in [2.24, 2.45) is 5.73 Å². The Balaban J connectivity index is 2.59. The van der Waals surface area contributed by atoms with E-state index >= 15 is 0 Å². The highest BCUT2D eigenvalue weighted by Crippen LogP contribution is 2.35. The Morgan fingerprint density at radius 1 is 1.69 bits per heavy atom. The number of pyridine rings is 1. The number of aromatic nitrogens is 1. The highest BCUT2D eigenvalue weighted by atomic mass is 33.1. The fourth-order valence-electron chi connectivity index (χ4n) is 0.793. The molecule has 8 heteroatoms. The third kappa shape index (κ3) is 3.80. The zero-order valence-corrected chi connectivity index (χ0v) is 9.74. The summed E-state index contributed by atoms with van der Waals surface area (Å²) in [6.07, 6.45) is 2.12. The first-order valence-electron chi connectivity index (χ1n) is 4.25. The van der Waals surface area contributed by atoms with Crippen molar-refractivity contribution < 1.29 is 9.72 Å². The summed E-state index contributed by atoms with van der Waals surface area (Å²) < 4.78 is 0. The van der Waals surface area contributed by atoms with Crippen molar-refractivity contribution in [3.8, 4) is 0 Å². The minimum atomic E-state index is -0.555. The van der Waals surface area contributed by atoms with Crippen LogP contribution in [-0.2, 0) is 4.79 Å². The smallest absolute Gasteiger partial charge is 0.302 e. The van der Waals surface area contributed by atoms with Crippen molar-refractivity contribution in [3.05, 3.63) is 28.4 Å². The summed E-state index contributed by atoms with van der Waals surface area (Å²) in [5.41, 5.74) is 5.34. The van der Waals surface area contributed by atoms with Gasteiger partial charge in [0.25, 0.3) is 0 Å². The average molecular weight is 259 g/mol. The Morgan fingerprint density at radius 2 is 2.44 bits per heavy atom. The fraction of sp³-hybridized carbons (Fsp3) is 0.250. The quantitative estimate of drug-likeness (QED) is 0.355. The molecular formula is C8H9N3O3S2. The molecule has 1 aromatic heterocycles. The molecule has 1 aromatic rings. The van der Waals surface area contributed by atoms with E-state index in [0.717, 1.165) is 10.8 Å². The number of nitrogens with two attached hydrogens (primary N) is 1. The van der Waals surface area contributed by atoms with Crippen LogP contribution in [0.15, 0.2) is 23.4 Å². The van der Waals surface area contributed by atoms with E-state index in [9.17, 15) is 14.9 Å². The molecule has 0 aliphatic carbocycles. The van der Waals surface area contributed by atoms with Crippen LogP contribution in [0.3, 0.4) is 0 Å². The Hall–Kier alpha value is -1.12. The minimum absolute atomic E-state index is 0.0420. The molecule has 6 nitrogen and oxygen atoms in total. The Morgan fingerprint density at radius 3 is 3.06 bits per heavy atom. The molecule has 0 saturated carbocycles. The van der Waals surface area contributed by atoms with Crippen molar-refractivity contribution >= 4 is 33.6 Å². The Labute approximate surface area is 99.5 Å². The first-order chi connectivity index (χ1) is 7.65. The second-order valence-electron chi connectivity index (χ2n) is 2.75. The minimum Gasteiger partial charge on any atom is -0.321 e. The van der Waals surface area contributed by atoms with Gasteiger partial charge >= 0.3 is 5.69 Å². The number of carbonyl (C=O) groups excluding carboxylic acids is 1. The Bertz CT molecular complexity index is 389. The second kappa shape index (κ2) is 6.46. The first-order valence-corrected chi connectivity index (χ1v) is 6.56. The fourth-order valence-corrected chi connectivity index (χ4v) is 2.94. The van der Waals surface area contributed by atoms with Crippen LogP contribution in [-0.4, -0.2) is 28.0 Å². The zero-order chi connectivity index (χ0) is 12.0. The lowest BCUT2D eigenvalue weighted by Gasteiger charge is -2.02. The number of hydrogen-bond acceptors (Lipinski definition) is 7. The highest BCUT2D eigenvalue weighted by Gasteiger charge is 2.15. The first kappa shape index (κ1) is 12.9. The van der Waals surface area contributed by atoms with Crippen molar-refractivity contribution in [1.29, 1.82) is 0 Å². The summed E-state index contributed by atoms with van der Waals surface area (Å²) in [5.74, 6) is 0.391. The van der Waals surface area contributed by atoms with Gasteiger partial charge in [-0.05, 0) is 16.9 Å². The van der Waals surface area contributed by atoms with Gasteiger partial charge in [-0.2, -0.15) is 0 Å². The van der Waals surface area contributed by atoms with Gasteiger partial charge in [0, 0.05) is 18.0 Å². The van der Waals surface area contributed by atoms with Gasteiger partial charge in [-0.1, -0.05) is 10.8 Å². The summed E-state index contributed by atoms with van der Waals surface area (Å²) in [6.45, 7) is 0. The van der Waals surface area contributed by atoms with Crippen LogP contribution >= 0.6 is 21.6 Å². The number of nitro groups is 1. The molecule has 1 heterocycles. The van der Waals surface area contributed by atoms with Gasteiger partial charge in [-0.3, -0.25) is 10.1 Å². The second-order valence-corrected chi connectivity index (χ2v) is 5.08. The Kier molecular flexibility index (Phi) is 5.23. The predicted octanol–water partition coefficient (Wildman–Crippen LogP) is 1.26. The molecule has 0 spiro atoms. The molecule has 1 atom stereocenters. The summed E-state index contributed by atoms with van der Waals surface area (Å²) in [5, 5.41) is 11.0. The van der Waals surface area contributed by atoms with Gasteiger partial charge in [0.2, 0.25) is 0 Å². The van der Waals surface area contributed by atoms with Crippen LogP contribution in [0, 0.1) is 10.1 Å². The molecule has 2 N–H and O–H groups in total. The SMILES string of the molecule is NC(C=O)CSSc1ncccc1[N+](=O)[O-]. The molecule has 86 valence electrons. The lowest BCUT2D eigenvalue weighted by Crippen LogP contribution is -2.23. The van der Waals surface area contributed by atoms with E-state index in [1.807, 2.05) is 0 Å². The number of aldehydes is 1. The monoisotopic (exact) mass is 259 g/mol. The van der Waals surface area contributed by atoms with Crippen LogP contribution < -0.4 is 5.73 Å². The highest BCUT2D eigenvalue weighted by molar-refractivity contribution is 8.76. The molecular weight excluding hydrogens is 250 g/mol. The number of carbonyl (C=O) groups is 1. The van der Waals surface area contributed by atoms with E-state index < -0.39 is 11.0 Å². The van der Waals surface area contributed by atoms with Crippen molar-refractivity contribution in [2.45, 2.75) is 11.1 Å². The van der Waals surface area contributed by atoms with E-state index in [0.29, 0.717) is 17.1 Å². The summed E-state index contributed by atoms with van der Waals surface area (Å²) >= 11 is 0. The molecule has 1 rings (SSSR count). The van der Waals surface area contributed by atoms with Crippen LogP contribution in [0.1, 0.15) is 0 Å². The van der Waals surface area contributed by atoms with Gasteiger partial charge in [-0.15, -0.1) is 0 Å². The number of hydrogen-bond donors (Lipinski definition) is 1. The topological polar surface area (TPSA) is 99.1 Å². The predicted molar refractivity (Wildman–Crippen MR) is 63.2 cm³/mol. The third-order valence-electron chi connectivity index (χ3n) is 1.52. The molecule has 0 amide bonds. The van der Waals surface area contributed by atoms with Gasteiger partial charge in [0.15, 0.2) is 5.03 Å². The summed E-state index contributed by atoms with van der Waals surface area (Å²) in [4.78, 5) is 24.3. The maximum absolute atomic E-state index is 10.6. The van der Waals surface area contributed by atoms with Crippen LogP contribution in [0.5, 0.6) is 0 Å². The molecule has 0 aliphatic heterocycles. The van der Waals surface area contributed by atoms with Crippen LogP contribution in [0.2, 0.25) is 0 Å². The van der Waals surface area contributed by atoms with Crippen molar-refractivity contribution in [1.82, 2.24) is 4.98 Å². The molecule has 0 aliphatic rings. The molecule has 1 unspecified atom stereocenters. The van der Waals surface area contributed by atoms with Gasteiger partial charge in [0.05, 0.1) is 11.0 Å². The van der Waals surface area contributed by atoms with E-state index in [-0.39, 0.29) is 5.69 Å². The number of nitrogens with zero attached hydrogens (tertiary/aromatic N) is 2. The van der Waals surface area contributed by atoms with E-state index in [4.69, 9.17) is 5.73 Å². The van der Waals surface area contributed by atoms with E-state index in [1.165, 1.54) is 29.1 Å². The maximum atomic E-state index is 10.6. The molecule has 16 heavy (non-hydrogen) atoms. The normalized spacial score (nSPS) is 12.1. The van der Waals surface area contributed by atoms with Crippen LogP contribution in [0.4, 0.5) is 5.69 Å². The van der Waals surface area contributed by atoms with Crippen molar-refractivity contribution in [2.75, 3.05) is 5.75 Å². The van der Waals surface area contributed by atoms with Gasteiger partial charge in [-0.25, -0.2) is 4.98 Å². The van der Waals surface area contributed by atoms with Crippen molar-refractivity contribution in [3.63, 3.8) is 0 Å². The number of rotatable bonds is 6. The third-order valence-corrected chi connectivity index (χ3v) is 3.87. The summed E-state index contributed by atoms with van der Waals surface area (Å²) in [7, 11) is 2.41. The van der Waals surface area contributed by atoms with Gasteiger partial charge < -0.3 is 10.5 Å². The lowest BCUT2D eigenvalue weighted by molar-refractivity contribution is -0.388. The molecule has 0 bridgehead atoms. The molecule has 0 aromatic carbocycles. The largest absolute Gasteiger partial charge is 0.321 e. The van der Waals surface area contributed by atoms with E-state index in [1.54, 1.807) is 0 Å². The standard InChI is InChI=1S/C8H9N3O3S2/c9-6(4-12)5-15-16-8-7(11(13)14)2-1-3-10-8/h1-4,6H,5,9H2. The zero-order valence-electron chi connectivity index (χ0n) is 8.11. The average Bonchev–Trinajstić information content (AvgIpc) is 2.29. The molecule has 0 fully saturated rings. The summed E-state index contributed by atoms with van der Waals surface area (Å²) in [6, 6.07) is 2.33.